The first-order chi connectivity index (χ1) is 9.15. The Hall–Kier alpha value is -0.610. The van der Waals surface area contributed by atoms with Gasteiger partial charge in [-0.15, -0.1) is 0 Å². The van der Waals surface area contributed by atoms with E-state index < -0.39 is 5.97 Å². The number of aliphatic carboxylic acids is 1. The summed E-state index contributed by atoms with van der Waals surface area (Å²) in [5.41, 5.74) is 0. The predicted octanol–water partition coefficient (Wildman–Crippen LogP) is 2.09. The molecule has 19 heavy (non-hydrogen) atoms. The third-order valence-electron chi connectivity index (χ3n) is 4.52. The van der Waals surface area contributed by atoms with Gasteiger partial charge in [-0.3, -0.25) is 4.79 Å². The van der Waals surface area contributed by atoms with Crippen LogP contribution in [0.25, 0.3) is 0 Å². The minimum atomic E-state index is -0.616. The molecule has 0 bridgehead atoms. The van der Waals surface area contributed by atoms with Crippen molar-refractivity contribution in [1.82, 2.24) is 10.2 Å². The number of hydrogen-bond donors (Lipinski definition) is 2. The summed E-state index contributed by atoms with van der Waals surface area (Å²) >= 11 is 0. The highest BCUT2D eigenvalue weighted by Crippen LogP contribution is 2.24. The molecule has 3 atom stereocenters. The van der Waals surface area contributed by atoms with Gasteiger partial charge in [0, 0.05) is 18.6 Å². The molecule has 1 aliphatic heterocycles. The number of nitrogens with one attached hydrogen (secondary N) is 1. The van der Waals surface area contributed by atoms with E-state index in [-0.39, 0.29) is 5.92 Å². The summed E-state index contributed by atoms with van der Waals surface area (Å²) in [6, 6.07) is 0.866. The van der Waals surface area contributed by atoms with E-state index in [1.807, 2.05) is 0 Å². The van der Waals surface area contributed by atoms with Crippen molar-refractivity contribution in [1.29, 1.82) is 0 Å². The zero-order valence-corrected chi connectivity index (χ0v) is 12.1. The molecule has 0 aromatic rings. The van der Waals surface area contributed by atoms with E-state index in [0.717, 1.165) is 32.2 Å². The fourth-order valence-corrected chi connectivity index (χ4v) is 3.55. The lowest BCUT2D eigenvalue weighted by Gasteiger charge is -2.33. The monoisotopic (exact) mass is 268 g/mol. The number of carboxylic acids is 1. The van der Waals surface area contributed by atoms with Crippen LogP contribution in [0.4, 0.5) is 0 Å². The Morgan fingerprint density at radius 1 is 1.26 bits per heavy atom. The normalized spacial score (nSPS) is 31.0. The molecular weight excluding hydrogens is 240 g/mol. The van der Waals surface area contributed by atoms with E-state index in [1.54, 1.807) is 0 Å². The molecule has 1 saturated heterocycles. The zero-order valence-electron chi connectivity index (χ0n) is 12.1. The summed E-state index contributed by atoms with van der Waals surface area (Å²) in [5.74, 6) is -0.747. The van der Waals surface area contributed by atoms with Gasteiger partial charge in [0.15, 0.2) is 0 Å². The van der Waals surface area contributed by atoms with Crippen LogP contribution in [0.1, 0.15) is 51.9 Å². The summed E-state index contributed by atoms with van der Waals surface area (Å²) in [5, 5.41) is 12.8. The summed E-state index contributed by atoms with van der Waals surface area (Å²) in [6.45, 7) is 5.80. The quantitative estimate of drug-likeness (QED) is 0.801. The number of piperidine rings is 1. The average molecular weight is 268 g/mol. The zero-order chi connectivity index (χ0) is 13.7. The first kappa shape index (κ1) is 14.8. The van der Waals surface area contributed by atoms with Crippen molar-refractivity contribution in [3.8, 4) is 0 Å². The lowest BCUT2D eigenvalue weighted by atomic mass is 9.85. The number of carboxylic acid groups (broad SMARTS) is 1. The molecule has 1 saturated carbocycles. The van der Waals surface area contributed by atoms with Gasteiger partial charge in [0.05, 0.1) is 5.92 Å². The second-order valence-electron chi connectivity index (χ2n) is 6.33. The molecule has 3 unspecified atom stereocenters. The second-order valence-corrected chi connectivity index (χ2v) is 6.33. The van der Waals surface area contributed by atoms with Crippen LogP contribution in [0.2, 0.25) is 0 Å². The van der Waals surface area contributed by atoms with Crippen LogP contribution < -0.4 is 5.32 Å². The van der Waals surface area contributed by atoms with Gasteiger partial charge in [0.1, 0.15) is 0 Å². The summed E-state index contributed by atoms with van der Waals surface area (Å²) in [6.07, 6.45) is 7.88. The number of rotatable bonds is 5. The molecule has 1 aliphatic carbocycles. The van der Waals surface area contributed by atoms with E-state index in [0.29, 0.717) is 12.1 Å². The summed E-state index contributed by atoms with van der Waals surface area (Å²) in [4.78, 5) is 13.6. The highest BCUT2D eigenvalue weighted by Gasteiger charge is 2.27. The number of hydrogen-bond acceptors (Lipinski definition) is 3. The van der Waals surface area contributed by atoms with Crippen LogP contribution in [0, 0.1) is 5.92 Å². The van der Waals surface area contributed by atoms with Crippen molar-refractivity contribution < 1.29 is 9.90 Å². The smallest absolute Gasteiger partial charge is 0.306 e. The van der Waals surface area contributed by atoms with Gasteiger partial charge in [-0.25, -0.2) is 0 Å². The molecular formula is C15H28N2O2. The number of carbonyl (C=O) groups is 1. The molecule has 0 amide bonds. The molecule has 2 fully saturated rings. The Bertz CT molecular complexity index is 290. The SMILES string of the molecule is CC(CN1CCCCC1)NC1CCCC(C(=O)O)C1. The lowest BCUT2D eigenvalue weighted by Crippen LogP contribution is -2.47. The van der Waals surface area contributed by atoms with Crippen LogP contribution in [-0.4, -0.2) is 47.7 Å². The Morgan fingerprint density at radius 3 is 2.68 bits per heavy atom. The highest BCUT2D eigenvalue weighted by atomic mass is 16.4. The number of likely N-dealkylation sites (tertiary alicyclic amines) is 1. The first-order valence-electron chi connectivity index (χ1n) is 7.86. The van der Waals surface area contributed by atoms with Crippen molar-refractivity contribution in [2.75, 3.05) is 19.6 Å². The Morgan fingerprint density at radius 2 is 2.00 bits per heavy atom. The van der Waals surface area contributed by atoms with Crippen molar-refractivity contribution in [2.45, 2.75) is 64.0 Å². The Balaban J connectivity index is 1.71. The van der Waals surface area contributed by atoms with E-state index in [2.05, 4.69) is 17.1 Å². The average Bonchev–Trinajstić information content (AvgIpc) is 2.40. The van der Waals surface area contributed by atoms with Gasteiger partial charge in [-0.05, 0) is 52.1 Å². The molecule has 0 aromatic carbocycles. The van der Waals surface area contributed by atoms with Gasteiger partial charge in [0.25, 0.3) is 0 Å². The molecule has 2 rings (SSSR count). The molecule has 4 heteroatoms. The molecule has 2 N–H and O–H groups in total. The third kappa shape index (κ3) is 4.77. The Kier molecular flexibility index (Phi) is 5.64. The predicted molar refractivity (Wildman–Crippen MR) is 76.3 cm³/mol. The maximum atomic E-state index is 11.1. The molecule has 2 aliphatic rings. The molecule has 1 heterocycles. The summed E-state index contributed by atoms with van der Waals surface area (Å²) < 4.78 is 0. The Labute approximate surface area is 116 Å². The lowest BCUT2D eigenvalue weighted by molar-refractivity contribution is -0.143. The van der Waals surface area contributed by atoms with E-state index in [4.69, 9.17) is 5.11 Å². The maximum Gasteiger partial charge on any atom is 0.306 e. The standard InChI is InChI=1S/C15H28N2O2/c1-12(11-17-8-3-2-4-9-17)16-14-7-5-6-13(10-14)15(18)19/h12-14,16H,2-11H2,1H3,(H,18,19). The van der Waals surface area contributed by atoms with Crippen molar-refractivity contribution in [2.24, 2.45) is 5.92 Å². The van der Waals surface area contributed by atoms with Crippen LogP contribution in [0.15, 0.2) is 0 Å². The molecule has 0 radical (unpaired) electrons. The van der Waals surface area contributed by atoms with Gasteiger partial charge < -0.3 is 15.3 Å². The minimum Gasteiger partial charge on any atom is -0.481 e. The fraction of sp³-hybridized carbons (Fsp3) is 0.933. The van der Waals surface area contributed by atoms with Crippen molar-refractivity contribution >= 4 is 5.97 Å². The highest BCUT2D eigenvalue weighted by molar-refractivity contribution is 5.70. The van der Waals surface area contributed by atoms with Gasteiger partial charge >= 0.3 is 5.97 Å². The van der Waals surface area contributed by atoms with E-state index in [1.165, 1.54) is 32.4 Å². The van der Waals surface area contributed by atoms with E-state index >= 15 is 0 Å². The minimum absolute atomic E-state index is 0.131. The topological polar surface area (TPSA) is 52.6 Å². The van der Waals surface area contributed by atoms with Crippen LogP contribution in [-0.2, 0) is 4.79 Å². The third-order valence-corrected chi connectivity index (χ3v) is 4.52. The van der Waals surface area contributed by atoms with Gasteiger partial charge in [0.2, 0.25) is 0 Å². The molecule has 0 spiro atoms. The van der Waals surface area contributed by atoms with E-state index in [9.17, 15) is 4.79 Å². The van der Waals surface area contributed by atoms with Crippen molar-refractivity contribution in [3.63, 3.8) is 0 Å². The number of nitrogens with zero attached hydrogens (tertiary/aromatic N) is 1. The fourth-order valence-electron chi connectivity index (χ4n) is 3.55. The molecule has 110 valence electrons. The van der Waals surface area contributed by atoms with Crippen molar-refractivity contribution in [3.05, 3.63) is 0 Å². The van der Waals surface area contributed by atoms with Gasteiger partial charge in [-0.1, -0.05) is 12.8 Å². The van der Waals surface area contributed by atoms with Gasteiger partial charge in [-0.2, -0.15) is 0 Å². The van der Waals surface area contributed by atoms with Crippen LogP contribution >= 0.6 is 0 Å². The first-order valence-corrected chi connectivity index (χ1v) is 7.86. The molecule has 0 aromatic heterocycles. The molecule has 4 nitrogen and oxygen atoms in total. The largest absolute Gasteiger partial charge is 0.481 e. The second kappa shape index (κ2) is 7.25. The summed E-state index contributed by atoms with van der Waals surface area (Å²) in [7, 11) is 0. The maximum absolute atomic E-state index is 11.1. The van der Waals surface area contributed by atoms with Crippen LogP contribution in [0.5, 0.6) is 0 Å². The van der Waals surface area contributed by atoms with Crippen LogP contribution in [0.3, 0.4) is 0 Å².